The van der Waals surface area contributed by atoms with Crippen LogP contribution in [0.3, 0.4) is 0 Å². The zero-order valence-corrected chi connectivity index (χ0v) is 5.37. The molecular weight excluding hydrogens is 169 g/mol. The van der Waals surface area contributed by atoms with Gasteiger partial charge in [0.05, 0.1) is 6.54 Å². The molecule has 0 heterocycles. The molecular formula is C2H4ClNO6. The fourth-order valence-corrected chi connectivity index (χ4v) is 0.255. The first-order valence-corrected chi connectivity index (χ1v) is 3.19. The molecule has 0 aromatic heterocycles. The third-order valence-corrected chi connectivity index (χ3v) is 0.586. The van der Waals surface area contributed by atoms with Crippen molar-refractivity contribution in [1.82, 2.24) is 0 Å². The first kappa shape index (κ1) is 9.56. The number of hydrogen-bond acceptors (Lipinski definition) is 7. The van der Waals surface area contributed by atoms with E-state index in [1.807, 2.05) is 0 Å². The van der Waals surface area contributed by atoms with Crippen LogP contribution < -0.4 is 19.7 Å². The molecule has 0 aromatic rings. The number of carbonyl (C=O) groups excluding carboxylic acids is 1. The number of carbonyl (C=O) groups is 1. The third kappa shape index (κ3) is 5.69. The van der Waals surface area contributed by atoms with Crippen molar-refractivity contribution in [1.29, 1.82) is 0 Å². The van der Waals surface area contributed by atoms with Crippen molar-refractivity contribution >= 4 is 5.97 Å². The van der Waals surface area contributed by atoms with E-state index >= 15 is 0 Å². The normalized spacial score (nSPS) is 11.2. The number of nitrogens with two attached hydrogens (primary N) is 1. The van der Waals surface area contributed by atoms with Crippen LogP contribution in [0.25, 0.3) is 0 Å². The quantitative estimate of drug-likeness (QED) is 0.335. The smallest absolute Gasteiger partial charge is 0.321 e. The molecule has 0 saturated carbocycles. The van der Waals surface area contributed by atoms with Crippen molar-refractivity contribution in [3.63, 3.8) is 0 Å². The van der Waals surface area contributed by atoms with Crippen LogP contribution in [0.1, 0.15) is 0 Å². The first-order valence-electron chi connectivity index (χ1n) is 1.95. The molecule has 2 N–H and O–H groups in total. The highest BCUT2D eigenvalue weighted by molar-refractivity contribution is 5.70. The molecule has 0 aliphatic rings. The van der Waals surface area contributed by atoms with E-state index in [9.17, 15) is 18.8 Å². The minimum atomic E-state index is -4.72. The minimum absolute atomic E-state index is 0.564. The van der Waals surface area contributed by atoms with Crippen LogP contribution in [0.2, 0.25) is 0 Å². The van der Waals surface area contributed by atoms with E-state index in [-0.39, 0.29) is 0 Å². The lowest BCUT2D eigenvalue weighted by atomic mass is 10.7. The largest absolute Gasteiger partial charge is 0.371 e. The van der Waals surface area contributed by atoms with Gasteiger partial charge >= 0.3 is 10.4 Å². The summed E-state index contributed by atoms with van der Waals surface area (Å²) in [4.78, 5) is 13.4. The Labute approximate surface area is 57.6 Å². The lowest BCUT2D eigenvalue weighted by molar-refractivity contribution is -1.93. The van der Waals surface area contributed by atoms with Crippen molar-refractivity contribution in [3.05, 3.63) is 0 Å². The Bertz CT molecular complexity index is 119. The molecule has 0 atom stereocenters. The Morgan fingerprint density at radius 3 is 2.30 bits per heavy atom. The van der Waals surface area contributed by atoms with Gasteiger partial charge < -0.3 is 5.73 Å². The minimum Gasteiger partial charge on any atom is -0.321 e. The maximum Gasteiger partial charge on any atom is 0.371 e. The van der Waals surface area contributed by atoms with Crippen LogP contribution in [0.5, 0.6) is 0 Å². The standard InChI is InChI=1S/C2H4ClNO6/c4-1-2(5)9-10-3(6,7)8/h1,4H2. The molecule has 0 spiro atoms. The summed E-state index contributed by atoms with van der Waals surface area (Å²) in [5.41, 5.74) is 4.65. The predicted octanol–water partition coefficient (Wildman–Crippen LogP) is -4.68. The van der Waals surface area contributed by atoms with E-state index in [0.29, 0.717) is 0 Å². The molecule has 0 fully saturated rings. The molecule has 0 aromatic carbocycles. The monoisotopic (exact) mass is 173 g/mol. The van der Waals surface area contributed by atoms with Crippen molar-refractivity contribution in [2.75, 3.05) is 6.54 Å². The van der Waals surface area contributed by atoms with Crippen molar-refractivity contribution in [3.8, 4) is 0 Å². The van der Waals surface area contributed by atoms with Crippen molar-refractivity contribution in [2.24, 2.45) is 5.73 Å². The van der Waals surface area contributed by atoms with Gasteiger partial charge in [0.1, 0.15) is 10.2 Å². The van der Waals surface area contributed by atoms with Crippen LogP contribution in [0.4, 0.5) is 0 Å². The highest BCUT2D eigenvalue weighted by Gasteiger charge is 2.22. The lowest BCUT2D eigenvalue weighted by Crippen LogP contribution is -2.61. The summed E-state index contributed by atoms with van der Waals surface area (Å²) in [6.07, 6.45) is 0. The highest BCUT2D eigenvalue weighted by Crippen LogP contribution is 1.88. The van der Waals surface area contributed by atoms with Gasteiger partial charge in [0.2, 0.25) is 0 Å². The zero-order valence-electron chi connectivity index (χ0n) is 4.61. The zero-order chi connectivity index (χ0) is 8.20. The molecule has 0 aliphatic heterocycles. The maximum absolute atomic E-state index is 9.98. The average Bonchev–Trinajstić information content (AvgIpc) is 1.81. The average molecular weight is 174 g/mol. The second kappa shape index (κ2) is 3.66. The maximum atomic E-state index is 9.98. The number of rotatable bonds is 3. The lowest BCUT2D eigenvalue weighted by Gasteiger charge is -2.07. The highest BCUT2D eigenvalue weighted by atomic mass is 35.7. The van der Waals surface area contributed by atoms with Crippen LogP contribution in [0, 0.1) is 10.2 Å². The molecule has 0 unspecified atom stereocenters. The molecule has 0 amide bonds. The number of halogens is 1. The van der Waals surface area contributed by atoms with Gasteiger partial charge in [-0.3, -0.25) is 0 Å². The van der Waals surface area contributed by atoms with Gasteiger partial charge in [-0.1, -0.05) is 0 Å². The van der Waals surface area contributed by atoms with Gasteiger partial charge in [0.25, 0.3) is 0 Å². The Balaban J connectivity index is 3.46. The van der Waals surface area contributed by atoms with E-state index in [1.54, 1.807) is 0 Å². The topological polar surface area (TPSA) is 131 Å². The summed E-state index contributed by atoms with van der Waals surface area (Å²) >= 11 is 0. The molecule has 8 heteroatoms. The second-order valence-corrected chi connectivity index (χ2v) is 1.98. The van der Waals surface area contributed by atoms with E-state index in [2.05, 4.69) is 15.1 Å². The summed E-state index contributed by atoms with van der Waals surface area (Å²) in [5, 5.41) is 0. The fourth-order valence-electron chi connectivity index (χ4n) is 0.108. The molecule has 60 valence electrons. The van der Waals surface area contributed by atoms with E-state index < -0.39 is 22.8 Å². The second-order valence-electron chi connectivity index (χ2n) is 1.10. The molecule has 0 saturated heterocycles. The predicted molar refractivity (Wildman–Crippen MR) is 16.2 cm³/mol. The van der Waals surface area contributed by atoms with Gasteiger partial charge in [-0.25, -0.2) is 4.79 Å². The summed E-state index contributed by atoms with van der Waals surface area (Å²) in [6.45, 7) is -0.564. The summed E-state index contributed by atoms with van der Waals surface area (Å²) < 4.78 is 31.6. The first-order chi connectivity index (χ1) is 4.45. The van der Waals surface area contributed by atoms with Crippen LogP contribution in [-0.4, -0.2) is 12.5 Å². The van der Waals surface area contributed by atoms with E-state index in [1.165, 1.54) is 0 Å². The van der Waals surface area contributed by atoms with Crippen LogP contribution in [0.15, 0.2) is 0 Å². The van der Waals surface area contributed by atoms with Gasteiger partial charge in [-0.15, -0.1) is 0 Å². The Morgan fingerprint density at radius 1 is 1.50 bits per heavy atom. The third-order valence-electron chi connectivity index (χ3n) is 0.368. The van der Waals surface area contributed by atoms with Gasteiger partial charge in [-0.05, 0) is 0 Å². The van der Waals surface area contributed by atoms with Gasteiger partial charge in [0, 0.05) is 0 Å². The summed E-state index contributed by atoms with van der Waals surface area (Å²) in [7, 11) is -4.72. The van der Waals surface area contributed by atoms with Crippen LogP contribution in [-0.2, 0) is 14.1 Å². The fraction of sp³-hybridized carbons (Fsp3) is 0.500. The Kier molecular flexibility index (Phi) is 3.50. The summed E-state index contributed by atoms with van der Waals surface area (Å²) in [6, 6.07) is 0. The molecule has 7 nitrogen and oxygen atoms in total. The van der Waals surface area contributed by atoms with Crippen molar-refractivity contribution < 1.29 is 38.3 Å². The molecule has 10 heavy (non-hydrogen) atoms. The Morgan fingerprint density at radius 2 is 2.00 bits per heavy atom. The number of hydrogen-bond donors (Lipinski definition) is 1. The van der Waals surface area contributed by atoms with Crippen molar-refractivity contribution in [2.45, 2.75) is 0 Å². The molecule has 0 aliphatic carbocycles. The summed E-state index contributed by atoms with van der Waals surface area (Å²) in [5.74, 6) is -1.15. The molecule has 0 bridgehead atoms. The SMILES string of the molecule is NCC(=O)OO[Cl+3]([O-])([O-])[O-]. The Hall–Kier alpha value is -0.440. The van der Waals surface area contributed by atoms with E-state index in [0.717, 1.165) is 0 Å². The van der Waals surface area contributed by atoms with Gasteiger partial charge in [-0.2, -0.15) is 18.9 Å². The molecule has 0 rings (SSSR count). The van der Waals surface area contributed by atoms with Gasteiger partial charge in [0.15, 0.2) is 0 Å². The molecule has 0 radical (unpaired) electrons. The van der Waals surface area contributed by atoms with Crippen LogP contribution >= 0.6 is 0 Å². The van der Waals surface area contributed by atoms with E-state index in [4.69, 9.17) is 0 Å².